The Labute approximate surface area is 120 Å². The van der Waals surface area contributed by atoms with Gasteiger partial charge in [-0.2, -0.15) is 0 Å². The van der Waals surface area contributed by atoms with Crippen LogP contribution in [-0.4, -0.2) is 29.1 Å². The van der Waals surface area contributed by atoms with Gasteiger partial charge < -0.3 is 4.90 Å². The number of benzene rings is 1. The average molecular weight is 277 g/mol. The van der Waals surface area contributed by atoms with E-state index in [9.17, 15) is 4.79 Å². The van der Waals surface area contributed by atoms with Crippen molar-refractivity contribution in [3.8, 4) is 0 Å². The average Bonchev–Trinajstić information content (AvgIpc) is 2.47. The number of carbonyl (C=O) groups excluding carboxylic acids is 1. The second-order valence-corrected chi connectivity index (χ2v) is 6.73. The van der Waals surface area contributed by atoms with Crippen LogP contribution in [0.3, 0.4) is 0 Å². The van der Waals surface area contributed by atoms with Crippen molar-refractivity contribution in [2.45, 2.75) is 55.2 Å². The molecule has 0 aliphatic heterocycles. The number of hydrogen-bond donors (Lipinski definition) is 0. The van der Waals surface area contributed by atoms with Crippen LogP contribution in [-0.2, 0) is 4.79 Å². The first-order valence-corrected chi connectivity index (χ1v) is 8.05. The van der Waals surface area contributed by atoms with Gasteiger partial charge >= 0.3 is 0 Å². The molecule has 19 heavy (non-hydrogen) atoms. The molecule has 2 nitrogen and oxygen atoms in total. The summed E-state index contributed by atoms with van der Waals surface area (Å²) in [6.07, 6.45) is 6.20. The van der Waals surface area contributed by atoms with Crippen molar-refractivity contribution in [3.05, 3.63) is 30.3 Å². The third kappa shape index (κ3) is 4.00. The minimum Gasteiger partial charge on any atom is -0.342 e. The molecule has 0 radical (unpaired) electrons. The lowest BCUT2D eigenvalue weighted by atomic mass is 9.94. The van der Waals surface area contributed by atoms with Gasteiger partial charge in [-0.1, -0.05) is 37.5 Å². The van der Waals surface area contributed by atoms with Crippen LogP contribution in [0.15, 0.2) is 35.2 Å². The van der Waals surface area contributed by atoms with E-state index >= 15 is 0 Å². The predicted molar refractivity (Wildman–Crippen MR) is 81.4 cm³/mol. The summed E-state index contributed by atoms with van der Waals surface area (Å²) in [5.74, 6) is 0.265. The van der Waals surface area contributed by atoms with Crippen LogP contribution in [0.1, 0.15) is 39.0 Å². The molecule has 1 aliphatic carbocycles. The van der Waals surface area contributed by atoms with Crippen molar-refractivity contribution in [2.75, 3.05) is 7.05 Å². The third-order valence-corrected chi connectivity index (χ3v) is 4.97. The van der Waals surface area contributed by atoms with Gasteiger partial charge in [-0.05, 0) is 31.9 Å². The minimum absolute atomic E-state index is 0.00525. The molecule has 1 atom stereocenters. The van der Waals surface area contributed by atoms with Crippen molar-refractivity contribution < 1.29 is 4.79 Å². The molecule has 0 aromatic heterocycles. The van der Waals surface area contributed by atoms with E-state index in [2.05, 4.69) is 12.1 Å². The Kier molecular flexibility index (Phi) is 5.32. The zero-order valence-electron chi connectivity index (χ0n) is 11.8. The van der Waals surface area contributed by atoms with Crippen LogP contribution < -0.4 is 0 Å². The molecular formula is C16H23NOS. The van der Waals surface area contributed by atoms with Crippen LogP contribution in [0.4, 0.5) is 0 Å². The smallest absolute Gasteiger partial charge is 0.235 e. The summed E-state index contributed by atoms with van der Waals surface area (Å²) in [7, 11) is 1.97. The van der Waals surface area contributed by atoms with Crippen molar-refractivity contribution in [1.82, 2.24) is 4.90 Å². The van der Waals surface area contributed by atoms with Gasteiger partial charge in [0.15, 0.2) is 0 Å². The minimum atomic E-state index is -0.00525. The van der Waals surface area contributed by atoms with Crippen LogP contribution in [0.25, 0.3) is 0 Å². The zero-order chi connectivity index (χ0) is 13.7. The lowest BCUT2D eigenvalue weighted by molar-refractivity contribution is -0.131. The van der Waals surface area contributed by atoms with Crippen LogP contribution in [0.2, 0.25) is 0 Å². The summed E-state index contributed by atoms with van der Waals surface area (Å²) in [6, 6.07) is 10.6. The highest BCUT2D eigenvalue weighted by Gasteiger charge is 2.25. The number of nitrogens with zero attached hydrogens (tertiary/aromatic N) is 1. The van der Waals surface area contributed by atoms with Crippen molar-refractivity contribution in [2.24, 2.45) is 0 Å². The number of carbonyl (C=O) groups is 1. The van der Waals surface area contributed by atoms with E-state index in [0.717, 1.165) is 0 Å². The Morgan fingerprint density at radius 3 is 2.47 bits per heavy atom. The van der Waals surface area contributed by atoms with E-state index in [1.165, 1.54) is 37.0 Å². The van der Waals surface area contributed by atoms with E-state index in [0.29, 0.717) is 6.04 Å². The molecule has 1 aliphatic rings. The summed E-state index contributed by atoms with van der Waals surface area (Å²) in [5.41, 5.74) is 0. The highest BCUT2D eigenvalue weighted by atomic mass is 32.2. The molecule has 1 aromatic rings. The van der Waals surface area contributed by atoms with E-state index in [1.54, 1.807) is 11.8 Å². The van der Waals surface area contributed by atoms with Crippen molar-refractivity contribution in [3.63, 3.8) is 0 Å². The molecule has 0 saturated heterocycles. The number of hydrogen-bond acceptors (Lipinski definition) is 2. The summed E-state index contributed by atoms with van der Waals surface area (Å²) in [5, 5.41) is -0.00525. The molecular weight excluding hydrogens is 254 g/mol. The Morgan fingerprint density at radius 1 is 1.21 bits per heavy atom. The normalized spacial score (nSPS) is 18.0. The molecule has 0 N–H and O–H groups in total. The third-order valence-electron chi connectivity index (χ3n) is 3.87. The van der Waals surface area contributed by atoms with Gasteiger partial charge in [0.2, 0.25) is 5.91 Å². The second kappa shape index (κ2) is 6.99. The Morgan fingerprint density at radius 2 is 1.84 bits per heavy atom. The molecule has 2 rings (SSSR count). The molecule has 0 heterocycles. The summed E-state index contributed by atoms with van der Waals surface area (Å²) in [6.45, 7) is 2.01. The standard InChI is InChI=1S/C16H23NOS/c1-13(19-15-11-7-4-8-12-15)16(18)17(2)14-9-5-3-6-10-14/h4,7-8,11-14H,3,5-6,9-10H2,1-2H3/t13-/m0/s1. The summed E-state index contributed by atoms with van der Waals surface area (Å²) >= 11 is 1.65. The van der Waals surface area contributed by atoms with Gasteiger partial charge in [-0.15, -0.1) is 11.8 Å². The first kappa shape index (κ1) is 14.4. The van der Waals surface area contributed by atoms with Crippen LogP contribution in [0, 0.1) is 0 Å². The number of thioether (sulfide) groups is 1. The van der Waals surface area contributed by atoms with Gasteiger partial charge in [0.05, 0.1) is 5.25 Å². The summed E-state index contributed by atoms with van der Waals surface area (Å²) in [4.78, 5) is 15.6. The fourth-order valence-corrected chi connectivity index (χ4v) is 3.68. The zero-order valence-corrected chi connectivity index (χ0v) is 12.7. The lowest BCUT2D eigenvalue weighted by Gasteiger charge is -2.32. The molecule has 1 fully saturated rings. The monoisotopic (exact) mass is 277 g/mol. The SMILES string of the molecule is C[C@H](Sc1ccccc1)C(=O)N(C)C1CCCCC1. The molecule has 1 saturated carbocycles. The van der Waals surface area contributed by atoms with E-state index < -0.39 is 0 Å². The largest absolute Gasteiger partial charge is 0.342 e. The van der Waals surface area contributed by atoms with Gasteiger partial charge in [0, 0.05) is 18.0 Å². The Hall–Kier alpha value is -0.960. The van der Waals surface area contributed by atoms with Crippen LogP contribution in [0.5, 0.6) is 0 Å². The van der Waals surface area contributed by atoms with E-state index in [-0.39, 0.29) is 11.2 Å². The number of amides is 1. The topological polar surface area (TPSA) is 20.3 Å². The van der Waals surface area contributed by atoms with Crippen LogP contribution >= 0.6 is 11.8 Å². The van der Waals surface area contributed by atoms with Gasteiger partial charge in [-0.25, -0.2) is 0 Å². The molecule has 104 valence electrons. The van der Waals surface area contributed by atoms with E-state index in [1.807, 2.05) is 37.1 Å². The summed E-state index contributed by atoms with van der Waals surface area (Å²) < 4.78 is 0. The highest BCUT2D eigenvalue weighted by molar-refractivity contribution is 8.00. The van der Waals surface area contributed by atoms with Gasteiger partial charge in [-0.3, -0.25) is 4.79 Å². The fourth-order valence-electron chi connectivity index (χ4n) is 2.69. The van der Waals surface area contributed by atoms with E-state index in [4.69, 9.17) is 0 Å². The number of rotatable bonds is 4. The lowest BCUT2D eigenvalue weighted by Crippen LogP contribution is -2.42. The molecule has 1 aromatic carbocycles. The molecule has 1 amide bonds. The quantitative estimate of drug-likeness (QED) is 0.776. The maximum Gasteiger partial charge on any atom is 0.235 e. The highest BCUT2D eigenvalue weighted by Crippen LogP contribution is 2.27. The Balaban J connectivity index is 1.90. The van der Waals surface area contributed by atoms with Crippen molar-refractivity contribution in [1.29, 1.82) is 0 Å². The maximum atomic E-state index is 12.5. The molecule has 0 spiro atoms. The second-order valence-electron chi connectivity index (χ2n) is 5.31. The first-order valence-electron chi connectivity index (χ1n) is 7.17. The first-order chi connectivity index (χ1) is 9.18. The maximum absolute atomic E-state index is 12.5. The molecule has 3 heteroatoms. The van der Waals surface area contributed by atoms with Crippen molar-refractivity contribution >= 4 is 17.7 Å². The predicted octanol–water partition coefficient (Wildman–Crippen LogP) is 3.96. The van der Waals surface area contributed by atoms with Gasteiger partial charge in [0.25, 0.3) is 0 Å². The molecule has 0 bridgehead atoms. The molecule has 0 unspecified atom stereocenters. The van der Waals surface area contributed by atoms with Gasteiger partial charge in [0.1, 0.15) is 0 Å². The fraction of sp³-hybridized carbons (Fsp3) is 0.562. The Bertz CT molecular complexity index is 400.